The van der Waals surface area contributed by atoms with E-state index in [4.69, 9.17) is 0 Å². The highest BCUT2D eigenvalue weighted by molar-refractivity contribution is 5.00. The summed E-state index contributed by atoms with van der Waals surface area (Å²) in [7, 11) is 0. The van der Waals surface area contributed by atoms with E-state index in [9.17, 15) is 5.11 Å². The van der Waals surface area contributed by atoms with Gasteiger partial charge < -0.3 is 5.11 Å². The minimum atomic E-state index is -0.619. The van der Waals surface area contributed by atoms with E-state index in [1.54, 1.807) is 0 Å². The smallest absolute Gasteiger partial charge is 0.0769 e. The second-order valence-electron chi connectivity index (χ2n) is 5.30. The van der Waals surface area contributed by atoms with Crippen LogP contribution in [-0.2, 0) is 0 Å². The fraction of sp³-hybridized carbons (Fsp3) is 1.00. The maximum atomic E-state index is 10.00. The van der Waals surface area contributed by atoms with Crippen LogP contribution in [0.5, 0.6) is 0 Å². The molecule has 0 radical (unpaired) electrons. The Morgan fingerprint density at radius 2 is 1.69 bits per heavy atom. The molecule has 0 aromatic carbocycles. The van der Waals surface area contributed by atoms with Crippen LogP contribution in [0.15, 0.2) is 0 Å². The first kappa shape index (κ1) is 11.0. The average molecular weight is 185 g/mol. The van der Waals surface area contributed by atoms with Gasteiger partial charge in [-0.2, -0.15) is 0 Å². The van der Waals surface area contributed by atoms with Gasteiger partial charge in [0.05, 0.1) is 5.60 Å². The largest absolute Gasteiger partial charge is 0.389 e. The zero-order chi connectivity index (χ0) is 10.3. The number of hydrogen-bond donors (Lipinski definition) is 1. The molecule has 0 aromatic rings. The van der Waals surface area contributed by atoms with Crippen molar-refractivity contribution in [3.05, 3.63) is 0 Å². The monoisotopic (exact) mass is 185 g/mol. The standard InChI is InChI=1S/C11H23NO/c1-6-9-7-12(8-9)10(2,3)11(4,5)13/h9,13H,6-8H2,1-5H3. The van der Waals surface area contributed by atoms with E-state index in [1.165, 1.54) is 6.42 Å². The van der Waals surface area contributed by atoms with Crippen LogP contribution >= 0.6 is 0 Å². The van der Waals surface area contributed by atoms with E-state index in [-0.39, 0.29) is 5.54 Å². The van der Waals surface area contributed by atoms with Crippen LogP contribution in [-0.4, -0.2) is 34.2 Å². The highest BCUT2D eigenvalue weighted by atomic mass is 16.3. The fourth-order valence-electron chi connectivity index (χ4n) is 1.67. The summed E-state index contributed by atoms with van der Waals surface area (Å²) in [4.78, 5) is 2.38. The van der Waals surface area contributed by atoms with Crippen molar-refractivity contribution >= 4 is 0 Å². The molecule has 1 saturated heterocycles. The minimum Gasteiger partial charge on any atom is -0.389 e. The topological polar surface area (TPSA) is 23.5 Å². The molecule has 1 aliphatic heterocycles. The van der Waals surface area contributed by atoms with E-state index < -0.39 is 5.60 Å². The highest BCUT2D eigenvalue weighted by Crippen LogP contribution is 2.34. The predicted molar refractivity (Wildman–Crippen MR) is 55.7 cm³/mol. The van der Waals surface area contributed by atoms with Gasteiger partial charge in [-0.1, -0.05) is 13.3 Å². The Balaban J connectivity index is 2.54. The van der Waals surface area contributed by atoms with Crippen molar-refractivity contribution in [3.63, 3.8) is 0 Å². The molecular weight excluding hydrogens is 162 g/mol. The maximum absolute atomic E-state index is 10.00. The third-order valence-corrected chi connectivity index (χ3v) is 3.82. The van der Waals surface area contributed by atoms with Crippen molar-refractivity contribution in [2.45, 2.75) is 52.2 Å². The summed E-state index contributed by atoms with van der Waals surface area (Å²) in [6.07, 6.45) is 1.26. The molecule has 0 aromatic heterocycles. The molecule has 0 spiro atoms. The van der Waals surface area contributed by atoms with E-state index in [1.807, 2.05) is 13.8 Å². The molecule has 0 amide bonds. The average Bonchev–Trinajstić information content (AvgIpc) is 1.81. The number of rotatable bonds is 3. The summed E-state index contributed by atoms with van der Waals surface area (Å²) >= 11 is 0. The van der Waals surface area contributed by atoms with Gasteiger partial charge in [0, 0.05) is 18.6 Å². The molecule has 13 heavy (non-hydrogen) atoms. The van der Waals surface area contributed by atoms with Crippen molar-refractivity contribution in [1.82, 2.24) is 4.90 Å². The molecule has 1 N–H and O–H groups in total. The molecule has 0 unspecified atom stereocenters. The number of hydrogen-bond acceptors (Lipinski definition) is 2. The van der Waals surface area contributed by atoms with Gasteiger partial charge in [-0.3, -0.25) is 4.90 Å². The number of nitrogens with zero attached hydrogens (tertiary/aromatic N) is 1. The van der Waals surface area contributed by atoms with Gasteiger partial charge >= 0.3 is 0 Å². The Labute approximate surface area is 81.9 Å². The second kappa shape index (κ2) is 3.25. The third kappa shape index (κ3) is 1.89. The summed E-state index contributed by atoms with van der Waals surface area (Å²) in [6.45, 7) is 12.6. The molecule has 2 heteroatoms. The second-order valence-corrected chi connectivity index (χ2v) is 5.30. The lowest BCUT2D eigenvalue weighted by Gasteiger charge is -2.54. The lowest BCUT2D eigenvalue weighted by Crippen LogP contribution is -2.65. The van der Waals surface area contributed by atoms with Crippen LogP contribution < -0.4 is 0 Å². The molecule has 78 valence electrons. The van der Waals surface area contributed by atoms with Crippen molar-refractivity contribution in [1.29, 1.82) is 0 Å². The Morgan fingerprint density at radius 3 is 2.00 bits per heavy atom. The van der Waals surface area contributed by atoms with Gasteiger partial charge in [0.25, 0.3) is 0 Å². The third-order valence-electron chi connectivity index (χ3n) is 3.82. The molecule has 1 fully saturated rings. The van der Waals surface area contributed by atoms with Crippen LogP contribution in [0.4, 0.5) is 0 Å². The zero-order valence-electron chi connectivity index (χ0n) is 9.59. The van der Waals surface area contributed by atoms with Gasteiger partial charge in [0.15, 0.2) is 0 Å². The van der Waals surface area contributed by atoms with Crippen molar-refractivity contribution in [2.75, 3.05) is 13.1 Å². The summed E-state index contributed by atoms with van der Waals surface area (Å²) < 4.78 is 0. The molecule has 0 aliphatic carbocycles. The molecule has 2 nitrogen and oxygen atoms in total. The van der Waals surface area contributed by atoms with Gasteiger partial charge in [-0.15, -0.1) is 0 Å². The summed E-state index contributed by atoms with van der Waals surface area (Å²) in [5.41, 5.74) is -0.718. The summed E-state index contributed by atoms with van der Waals surface area (Å²) in [5.74, 6) is 0.849. The Bertz CT molecular complexity index is 175. The highest BCUT2D eigenvalue weighted by Gasteiger charge is 2.44. The molecular formula is C11H23NO. The molecule has 0 bridgehead atoms. The SMILES string of the molecule is CCC1CN(C(C)(C)C(C)(C)O)C1. The lowest BCUT2D eigenvalue weighted by molar-refractivity contribution is -0.114. The Hall–Kier alpha value is -0.0800. The van der Waals surface area contributed by atoms with Crippen LogP contribution in [0.3, 0.4) is 0 Å². The number of aliphatic hydroxyl groups is 1. The van der Waals surface area contributed by atoms with E-state index >= 15 is 0 Å². The van der Waals surface area contributed by atoms with Crippen LogP contribution in [0.1, 0.15) is 41.0 Å². The quantitative estimate of drug-likeness (QED) is 0.725. The van der Waals surface area contributed by atoms with Crippen LogP contribution in [0.2, 0.25) is 0 Å². The molecule has 1 rings (SSSR count). The minimum absolute atomic E-state index is 0.0985. The van der Waals surface area contributed by atoms with Crippen molar-refractivity contribution in [2.24, 2.45) is 5.92 Å². The first-order valence-corrected chi connectivity index (χ1v) is 5.26. The Kier molecular flexibility index (Phi) is 2.75. The molecule has 0 atom stereocenters. The van der Waals surface area contributed by atoms with Gasteiger partial charge in [-0.25, -0.2) is 0 Å². The Morgan fingerprint density at radius 1 is 1.23 bits per heavy atom. The first-order valence-electron chi connectivity index (χ1n) is 5.26. The van der Waals surface area contributed by atoms with E-state index in [0.717, 1.165) is 19.0 Å². The molecule has 1 heterocycles. The first-order chi connectivity index (χ1) is 5.79. The number of likely N-dealkylation sites (tertiary alicyclic amines) is 1. The normalized spacial score (nSPS) is 21.7. The summed E-state index contributed by atoms with van der Waals surface area (Å²) in [5, 5.41) is 10.00. The fourth-order valence-corrected chi connectivity index (χ4v) is 1.67. The molecule has 1 aliphatic rings. The van der Waals surface area contributed by atoms with Gasteiger partial charge in [0.2, 0.25) is 0 Å². The van der Waals surface area contributed by atoms with Gasteiger partial charge in [-0.05, 0) is 33.6 Å². The molecule has 0 saturated carbocycles. The van der Waals surface area contributed by atoms with Crippen LogP contribution in [0, 0.1) is 5.92 Å². The maximum Gasteiger partial charge on any atom is 0.0769 e. The van der Waals surface area contributed by atoms with E-state index in [0.29, 0.717) is 0 Å². The van der Waals surface area contributed by atoms with Crippen molar-refractivity contribution in [3.8, 4) is 0 Å². The zero-order valence-corrected chi connectivity index (χ0v) is 9.59. The van der Waals surface area contributed by atoms with Gasteiger partial charge in [0.1, 0.15) is 0 Å². The van der Waals surface area contributed by atoms with Crippen LogP contribution in [0.25, 0.3) is 0 Å². The predicted octanol–water partition coefficient (Wildman–Crippen LogP) is 1.88. The summed E-state index contributed by atoms with van der Waals surface area (Å²) in [6, 6.07) is 0. The van der Waals surface area contributed by atoms with E-state index in [2.05, 4.69) is 25.7 Å². The lowest BCUT2D eigenvalue weighted by atomic mass is 9.79. The van der Waals surface area contributed by atoms with Crippen molar-refractivity contribution < 1.29 is 5.11 Å².